The van der Waals surface area contributed by atoms with Gasteiger partial charge in [0.15, 0.2) is 0 Å². The lowest BCUT2D eigenvalue weighted by atomic mass is 10.1. The molecule has 2 aromatic carbocycles. The number of carbonyl (C=O) groups excluding carboxylic acids is 1. The summed E-state index contributed by atoms with van der Waals surface area (Å²) in [6, 6.07) is 17.5. The molecule has 0 bridgehead atoms. The summed E-state index contributed by atoms with van der Waals surface area (Å²) in [6.07, 6.45) is -0.751. The number of hydrogen-bond donors (Lipinski definition) is 2. The number of rotatable bonds is 4. The first kappa shape index (κ1) is 13.8. The van der Waals surface area contributed by atoms with Crippen LogP contribution in [0.1, 0.15) is 27.6 Å². The van der Waals surface area contributed by atoms with Gasteiger partial charge in [-0.3, -0.25) is 4.79 Å². The fraction of sp³-hybridized carbons (Fsp3) is 0.125. The van der Waals surface area contributed by atoms with Crippen LogP contribution in [0.25, 0.3) is 0 Å². The van der Waals surface area contributed by atoms with Gasteiger partial charge in [0.25, 0.3) is 5.91 Å². The quantitative estimate of drug-likeness (QED) is 0.889. The minimum Gasteiger partial charge on any atom is -0.387 e. The molecule has 0 aliphatic carbocycles. The highest BCUT2D eigenvalue weighted by molar-refractivity contribution is 5.94. The number of hydrogen-bond acceptors (Lipinski definition) is 3. The Morgan fingerprint density at radius 1 is 1.20 bits per heavy atom. The van der Waals surface area contributed by atoms with Crippen molar-refractivity contribution in [2.24, 2.45) is 0 Å². The molecule has 4 heteroatoms. The Kier molecular flexibility index (Phi) is 4.48. The van der Waals surface area contributed by atoms with Gasteiger partial charge in [-0.05, 0) is 23.8 Å². The third-order valence-electron chi connectivity index (χ3n) is 2.89. The smallest absolute Gasteiger partial charge is 0.251 e. The van der Waals surface area contributed by atoms with E-state index in [1.54, 1.807) is 30.3 Å². The third kappa shape index (κ3) is 3.44. The second-order valence-electron chi connectivity index (χ2n) is 4.33. The van der Waals surface area contributed by atoms with E-state index >= 15 is 0 Å². The van der Waals surface area contributed by atoms with Gasteiger partial charge < -0.3 is 10.4 Å². The summed E-state index contributed by atoms with van der Waals surface area (Å²) in [6.45, 7) is 0.125. The third-order valence-corrected chi connectivity index (χ3v) is 2.89. The van der Waals surface area contributed by atoms with Gasteiger partial charge in [-0.15, -0.1) is 0 Å². The molecule has 4 nitrogen and oxygen atoms in total. The Hall–Kier alpha value is -2.64. The summed E-state index contributed by atoms with van der Waals surface area (Å²) < 4.78 is 0. The lowest BCUT2D eigenvalue weighted by Crippen LogP contribution is -2.28. The molecule has 1 amide bonds. The van der Waals surface area contributed by atoms with Crippen LogP contribution in [0.2, 0.25) is 0 Å². The molecular weight excluding hydrogens is 252 g/mol. The number of benzene rings is 2. The number of nitrogens with one attached hydrogen (secondary N) is 1. The van der Waals surface area contributed by atoms with Gasteiger partial charge >= 0.3 is 0 Å². The van der Waals surface area contributed by atoms with E-state index < -0.39 is 6.10 Å². The van der Waals surface area contributed by atoms with Crippen molar-refractivity contribution in [2.45, 2.75) is 6.10 Å². The zero-order valence-electron chi connectivity index (χ0n) is 10.8. The lowest BCUT2D eigenvalue weighted by molar-refractivity contribution is 0.0916. The van der Waals surface area contributed by atoms with Crippen LogP contribution in [0.15, 0.2) is 54.6 Å². The van der Waals surface area contributed by atoms with Crippen molar-refractivity contribution < 1.29 is 9.90 Å². The van der Waals surface area contributed by atoms with Crippen LogP contribution in [0.3, 0.4) is 0 Å². The molecule has 0 aromatic heterocycles. The molecule has 0 fully saturated rings. The Morgan fingerprint density at radius 3 is 2.65 bits per heavy atom. The first-order valence-corrected chi connectivity index (χ1v) is 6.22. The molecule has 0 heterocycles. The second-order valence-corrected chi connectivity index (χ2v) is 4.33. The molecule has 2 rings (SSSR count). The lowest BCUT2D eigenvalue weighted by Gasteiger charge is -2.12. The van der Waals surface area contributed by atoms with Crippen LogP contribution in [-0.4, -0.2) is 17.6 Å². The molecule has 2 aromatic rings. The Balaban J connectivity index is 1.97. The Bertz CT molecular complexity index is 632. The van der Waals surface area contributed by atoms with E-state index in [4.69, 9.17) is 5.26 Å². The van der Waals surface area contributed by atoms with E-state index in [1.165, 1.54) is 6.07 Å². The van der Waals surface area contributed by atoms with Crippen molar-refractivity contribution in [3.8, 4) is 6.07 Å². The van der Waals surface area contributed by atoms with Gasteiger partial charge in [0, 0.05) is 12.1 Å². The van der Waals surface area contributed by atoms with Crippen molar-refractivity contribution in [1.82, 2.24) is 5.32 Å². The van der Waals surface area contributed by atoms with E-state index in [9.17, 15) is 9.90 Å². The van der Waals surface area contributed by atoms with Gasteiger partial charge in [-0.2, -0.15) is 5.26 Å². The largest absolute Gasteiger partial charge is 0.387 e. The monoisotopic (exact) mass is 266 g/mol. The van der Waals surface area contributed by atoms with Gasteiger partial charge in [-0.25, -0.2) is 0 Å². The predicted octanol–water partition coefficient (Wildman–Crippen LogP) is 2.02. The predicted molar refractivity (Wildman–Crippen MR) is 74.9 cm³/mol. The number of aliphatic hydroxyl groups excluding tert-OH is 1. The minimum atomic E-state index is -0.751. The molecule has 0 aliphatic rings. The minimum absolute atomic E-state index is 0.125. The highest BCUT2D eigenvalue weighted by Crippen LogP contribution is 2.11. The van der Waals surface area contributed by atoms with E-state index in [1.807, 2.05) is 24.3 Å². The van der Waals surface area contributed by atoms with Crippen molar-refractivity contribution in [3.05, 3.63) is 71.3 Å². The zero-order chi connectivity index (χ0) is 14.4. The van der Waals surface area contributed by atoms with Crippen LogP contribution in [-0.2, 0) is 0 Å². The molecular formula is C16H14N2O2. The highest BCUT2D eigenvalue weighted by atomic mass is 16.3. The fourth-order valence-corrected chi connectivity index (χ4v) is 1.81. The summed E-state index contributed by atoms with van der Waals surface area (Å²) in [5.74, 6) is -0.308. The molecule has 1 unspecified atom stereocenters. The molecule has 2 N–H and O–H groups in total. The summed E-state index contributed by atoms with van der Waals surface area (Å²) in [7, 11) is 0. The molecule has 100 valence electrons. The fourth-order valence-electron chi connectivity index (χ4n) is 1.81. The van der Waals surface area contributed by atoms with Crippen LogP contribution >= 0.6 is 0 Å². The maximum Gasteiger partial charge on any atom is 0.251 e. The number of aliphatic hydroxyl groups is 1. The summed E-state index contributed by atoms with van der Waals surface area (Å²) in [4.78, 5) is 11.9. The van der Waals surface area contributed by atoms with E-state index in [0.717, 1.165) is 5.56 Å². The van der Waals surface area contributed by atoms with Gasteiger partial charge in [0.2, 0.25) is 0 Å². The van der Waals surface area contributed by atoms with E-state index in [2.05, 4.69) is 5.32 Å². The van der Waals surface area contributed by atoms with Gasteiger partial charge in [0.05, 0.1) is 17.7 Å². The van der Waals surface area contributed by atoms with Crippen LogP contribution in [0.4, 0.5) is 0 Å². The summed E-state index contributed by atoms with van der Waals surface area (Å²) in [5, 5.41) is 21.4. The van der Waals surface area contributed by atoms with Crippen LogP contribution in [0.5, 0.6) is 0 Å². The van der Waals surface area contributed by atoms with E-state index in [-0.39, 0.29) is 12.5 Å². The van der Waals surface area contributed by atoms with Crippen LogP contribution < -0.4 is 5.32 Å². The number of nitrogens with zero attached hydrogens (tertiary/aromatic N) is 1. The second kappa shape index (κ2) is 6.50. The summed E-state index contributed by atoms with van der Waals surface area (Å²) in [5.41, 5.74) is 1.59. The van der Waals surface area contributed by atoms with Crippen molar-refractivity contribution in [1.29, 1.82) is 5.26 Å². The maximum atomic E-state index is 11.9. The van der Waals surface area contributed by atoms with Crippen LogP contribution in [0, 0.1) is 11.3 Å². The number of amides is 1. The normalized spacial score (nSPS) is 11.4. The molecule has 0 spiro atoms. The average molecular weight is 266 g/mol. The average Bonchev–Trinajstić information content (AvgIpc) is 2.53. The molecule has 1 atom stereocenters. The first-order chi connectivity index (χ1) is 9.70. The number of carbonyl (C=O) groups is 1. The molecule has 0 radical (unpaired) electrons. The van der Waals surface area contributed by atoms with E-state index in [0.29, 0.717) is 11.1 Å². The SMILES string of the molecule is N#Cc1cccc(C(=O)NCC(O)c2ccccc2)c1. The molecule has 0 saturated heterocycles. The standard InChI is InChI=1S/C16H14N2O2/c17-10-12-5-4-8-14(9-12)16(20)18-11-15(19)13-6-2-1-3-7-13/h1-9,15,19H,11H2,(H,18,20). The van der Waals surface area contributed by atoms with Crippen molar-refractivity contribution in [2.75, 3.05) is 6.54 Å². The van der Waals surface area contributed by atoms with Gasteiger partial charge in [0.1, 0.15) is 0 Å². The van der Waals surface area contributed by atoms with Crippen molar-refractivity contribution in [3.63, 3.8) is 0 Å². The molecule has 0 aliphatic heterocycles. The Labute approximate surface area is 117 Å². The highest BCUT2D eigenvalue weighted by Gasteiger charge is 2.10. The zero-order valence-corrected chi connectivity index (χ0v) is 10.8. The number of nitriles is 1. The van der Waals surface area contributed by atoms with Gasteiger partial charge in [-0.1, -0.05) is 36.4 Å². The van der Waals surface area contributed by atoms with Crippen molar-refractivity contribution >= 4 is 5.91 Å². The first-order valence-electron chi connectivity index (χ1n) is 6.22. The molecule has 0 saturated carbocycles. The summed E-state index contributed by atoms with van der Waals surface area (Å²) >= 11 is 0. The maximum absolute atomic E-state index is 11.9. The Morgan fingerprint density at radius 2 is 1.95 bits per heavy atom. The topological polar surface area (TPSA) is 73.1 Å². The molecule has 20 heavy (non-hydrogen) atoms.